The van der Waals surface area contributed by atoms with Crippen LogP contribution in [0.1, 0.15) is 18.1 Å². The first-order valence-corrected chi connectivity index (χ1v) is 5.43. The second-order valence-electron chi connectivity index (χ2n) is 3.92. The predicted molar refractivity (Wildman–Crippen MR) is 63.2 cm³/mol. The van der Waals surface area contributed by atoms with Crippen molar-refractivity contribution in [3.8, 4) is 0 Å². The first-order valence-electron chi connectivity index (χ1n) is 5.43. The Morgan fingerprint density at radius 1 is 1.44 bits per heavy atom. The molecule has 1 heterocycles. The first-order chi connectivity index (χ1) is 7.65. The summed E-state index contributed by atoms with van der Waals surface area (Å²) in [6.45, 7) is 3.99. The van der Waals surface area contributed by atoms with Crippen LogP contribution in [0.3, 0.4) is 0 Å². The smallest absolute Gasteiger partial charge is 0.253 e. The van der Waals surface area contributed by atoms with Gasteiger partial charge in [-0.15, -0.1) is 0 Å². The number of anilines is 1. The van der Waals surface area contributed by atoms with E-state index >= 15 is 0 Å². The van der Waals surface area contributed by atoms with Gasteiger partial charge in [-0.1, -0.05) is 25.1 Å². The van der Waals surface area contributed by atoms with Crippen LogP contribution in [0.2, 0.25) is 0 Å². The fraction of sp³-hybridized carbons (Fsp3) is 0.308. The van der Waals surface area contributed by atoms with Crippen LogP contribution in [-0.2, 0) is 11.2 Å². The molecule has 0 saturated heterocycles. The van der Waals surface area contributed by atoms with Crippen LogP contribution in [0.5, 0.6) is 0 Å². The third-order valence-electron chi connectivity index (χ3n) is 2.86. The molecule has 3 heteroatoms. The predicted octanol–water partition coefficient (Wildman–Crippen LogP) is 1.78. The van der Waals surface area contributed by atoms with Gasteiger partial charge in [-0.05, 0) is 30.5 Å². The van der Waals surface area contributed by atoms with Crippen molar-refractivity contribution < 1.29 is 9.90 Å². The summed E-state index contributed by atoms with van der Waals surface area (Å²) in [6.07, 6.45) is 2.93. The molecular formula is C13H15NO2. The number of hydrogen-bond acceptors (Lipinski definition) is 2. The van der Waals surface area contributed by atoms with Gasteiger partial charge in [-0.25, -0.2) is 0 Å². The molecule has 0 aliphatic carbocycles. The molecule has 1 aliphatic rings. The van der Waals surface area contributed by atoms with Crippen molar-refractivity contribution in [1.82, 2.24) is 0 Å². The summed E-state index contributed by atoms with van der Waals surface area (Å²) in [5.74, 6) is -0.156. The number of carbonyl (C=O) groups excluding carboxylic acids is 1. The van der Waals surface area contributed by atoms with Gasteiger partial charge in [0, 0.05) is 6.08 Å². The highest BCUT2D eigenvalue weighted by Gasteiger charge is 2.27. The molecule has 16 heavy (non-hydrogen) atoms. The molecule has 1 unspecified atom stereocenters. The fourth-order valence-corrected chi connectivity index (χ4v) is 2.06. The molecule has 2 rings (SSSR count). The van der Waals surface area contributed by atoms with Crippen molar-refractivity contribution in [2.24, 2.45) is 0 Å². The minimum absolute atomic E-state index is 0.156. The Hall–Kier alpha value is -1.61. The first kappa shape index (κ1) is 10.9. The molecule has 0 saturated carbocycles. The highest BCUT2D eigenvalue weighted by molar-refractivity contribution is 6.05. The molecule has 1 atom stereocenters. The normalized spacial score (nSPS) is 19.6. The van der Waals surface area contributed by atoms with Crippen LogP contribution in [-0.4, -0.2) is 17.2 Å². The lowest BCUT2D eigenvalue weighted by molar-refractivity contribution is -0.114. The van der Waals surface area contributed by atoms with E-state index in [-0.39, 0.29) is 5.91 Å². The Labute approximate surface area is 95.0 Å². The van der Waals surface area contributed by atoms with Gasteiger partial charge in [0.2, 0.25) is 0 Å². The summed E-state index contributed by atoms with van der Waals surface area (Å²) in [6, 6.07) is 5.91. The summed E-state index contributed by atoms with van der Waals surface area (Å²) >= 11 is 0. The van der Waals surface area contributed by atoms with Crippen LogP contribution >= 0.6 is 0 Å². The molecule has 1 aliphatic heterocycles. The molecular weight excluding hydrogens is 202 g/mol. The average molecular weight is 217 g/mol. The number of hydrogen-bond donors (Lipinski definition) is 1. The number of benzene rings is 1. The van der Waals surface area contributed by atoms with Crippen molar-refractivity contribution in [2.45, 2.75) is 26.5 Å². The largest absolute Gasteiger partial charge is 0.369 e. The summed E-state index contributed by atoms with van der Waals surface area (Å²) < 4.78 is 0. The quantitative estimate of drug-likeness (QED) is 0.820. The number of rotatable bonds is 2. The van der Waals surface area contributed by atoms with Crippen molar-refractivity contribution in [3.05, 3.63) is 41.5 Å². The molecule has 1 aromatic carbocycles. The Bertz CT molecular complexity index is 451. The summed E-state index contributed by atoms with van der Waals surface area (Å²) in [4.78, 5) is 13.1. The van der Waals surface area contributed by atoms with Crippen molar-refractivity contribution in [1.29, 1.82) is 0 Å². The standard InChI is InChI=1S/C13H15NO2/c1-3-10-6-4-5-9(2)13(10)14-11(15)7-8-12(14)16/h4-8,11,15H,3H2,1-2H3. The molecule has 0 spiro atoms. The van der Waals surface area contributed by atoms with Crippen LogP contribution in [0.4, 0.5) is 5.69 Å². The Morgan fingerprint density at radius 3 is 2.75 bits per heavy atom. The maximum atomic E-state index is 11.7. The van der Waals surface area contributed by atoms with Crippen LogP contribution < -0.4 is 4.90 Å². The van der Waals surface area contributed by atoms with E-state index in [0.29, 0.717) is 0 Å². The van der Waals surface area contributed by atoms with E-state index < -0.39 is 6.23 Å². The van der Waals surface area contributed by atoms with Crippen molar-refractivity contribution >= 4 is 11.6 Å². The second kappa shape index (κ2) is 4.10. The van der Waals surface area contributed by atoms with Gasteiger partial charge in [-0.3, -0.25) is 9.69 Å². The van der Waals surface area contributed by atoms with E-state index in [0.717, 1.165) is 23.2 Å². The highest BCUT2D eigenvalue weighted by Crippen LogP contribution is 2.29. The van der Waals surface area contributed by atoms with E-state index in [9.17, 15) is 9.90 Å². The van der Waals surface area contributed by atoms with Crippen molar-refractivity contribution in [2.75, 3.05) is 4.90 Å². The van der Waals surface area contributed by atoms with E-state index in [1.165, 1.54) is 17.1 Å². The van der Waals surface area contributed by atoms with Gasteiger partial charge in [0.25, 0.3) is 5.91 Å². The second-order valence-corrected chi connectivity index (χ2v) is 3.92. The number of carbonyl (C=O) groups is 1. The maximum Gasteiger partial charge on any atom is 0.253 e. The van der Waals surface area contributed by atoms with E-state index in [1.54, 1.807) is 0 Å². The van der Waals surface area contributed by atoms with Crippen LogP contribution in [0.15, 0.2) is 30.4 Å². The van der Waals surface area contributed by atoms with Gasteiger partial charge in [0.1, 0.15) is 0 Å². The molecule has 0 aromatic heterocycles. The fourth-order valence-electron chi connectivity index (χ4n) is 2.06. The number of amides is 1. The lowest BCUT2D eigenvalue weighted by Gasteiger charge is -2.25. The number of para-hydroxylation sites is 1. The van der Waals surface area contributed by atoms with E-state index in [2.05, 4.69) is 0 Å². The topological polar surface area (TPSA) is 40.5 Å². The van der Waals surface area contributed by atoms with Crippen LogP contribution in [0.25, 0.3) is 0 Å². The minimum atomic E-state index is -0.834. The minimum Gasteiger partial charge on any atom is -0.369 e. The van der Waals surface area contributed by atoms with Crippen molar-refractivity contribution in [3.63, 3.8) is 0 Å². The third kappa shape index (κ3) is 1.63. The number of nitrogens with zero attached hydrogens (tertiary/aromatic N) is 1. The highest BCUT2D eigenvalue weighted by atomic mass is 16.3. The number of aliphatic hydroxyl groups is 1. The summed E-state index contributed by atoms with van der Waals surface area (Å²) in [7, 11) is 0. The van der Waals surface area contributed by atoms with Gasteiger partial charge in [0.05, 0.1) is 5.69 Å². The molecule has 1 amide bonds. The molecule has 1 N–H and O–H groups in total. The van der Waals surface area contributed by atoms with Gasteiger partial charge >= 0.3 is 0 Å². The summed E-state index contributed by atoms with van der Waals surface area (Å²) in [5.41, 5.74) is 2.93. The van der Waals surface area contributed by atoms with E-state index in [1.807, 2.05) is 32.0 Å². The molecule has 0 fully saturated rings. The lowest BCUT2D eigenvalue weighted by Crippen LogP contribution is -2.34. The molecule has 0 bridgehead atoms. The Morgan fingerprint density at radius 2 is 2.19 bits per heavy atom. The van der Waals surface area contributed by atoms with Gasteiger partial charge < -0.3 is 5.11 Å². The monoisotopic (exact) mass is 217 g/mol. The average Bonchev–Trinajstić information content (AvgIpc) is 2.59. The Kier molecular flexibility index (Phi) is 2.79. The van der Waals surface area contributed by atoms with E-state index in [4.69, 9.17) is 0 Å². The zero-order valence-electron chi connectivity index (χ0n) is 9.47. The molecule has 84 valence electrons. The number of aliphatic hydroxyl groups excluding tert-OH is 1. The van der Waals surface area contributed by atoms with Gasteiger partial charge in [-0.2, -0.15) is 0 Å². The third-order valence-corrected chi connectivity index (χ3v) is 2.86. The molecule has 3 nitrogen and oxygen atoms in total. The molecule has 1 aromatic rings. The summed E-state index contributed by atoms with van der Waals surface area (Å²) in [5, 5.41) is 9.78. The SMILES string of the molecule is CCc1cccc(C)c1N1C(=O)C=CC1O. The zero-order chi connectivity index (χ0) is 11.7. The van der Waals surface area contributed by atoms with Gasteiger partial charge in [0.15, 0.2) is 6.23 Å². The lowest BCUT2D eigenvalue weighted by atomic mass is 10.0. The zero-order valence-corrected chi connectivity index (χ0v) is 9.47. The van der Waals surface area contributed by atoms with Crippen LogP contribution in [0, 0.1) is 6.92 Å². The maximum absolute atomic E-state index is 11.7. The molecule has 0 radical (unpaired) electrons. The Balaban J connectivity index is 2.51. The number of aryl methyl sites for hydroxylation is 2.